The zero-order valence-electron chi connectivity index (χ0n) is 13.0. The van der Waals surface area contributed by atoms with Gasteiger partial charge in [0.1, 0.15) is 16.5 Å². The van der Waals surface area contributed by atoms with Crippen LogP contribution in [0.1, 0.15) is 28.2 Å². The molecule has 0 fully saturated rings. The summed E-state index contributed by atoms with van der Waals surface area (Å²) in [6.45, 7) is 0. The summed E-state index contributed by atoms with van der Waals surface area (Å²) in [4.78, 5) is 14.5. The number of benzene rings is 1. The lowest BCUT2D eigenvalue weighted by atomic mass is 10.1. The van der Waals surface area contributed by atoms with Crippen LogP contribution < -0.4 is 4.90 Å². The Labute approximate surface area is 134 Å². The van der Waals surface area contributed by atoms with Crippen molar-refractivity contribution in [1.29, 1.82) is 0 Å². The van der Waals surface area contributed by atoms with Crippen LogP contribution in [0, 0.1) is 0 Å². The van der Waals surface area contributed by atoms with E-state index in [0.29, 0.717) is 0 Å². The SMILES string of the molecule is CN(C)c1nc(Cc2ccccc2)nc2sc3c(c12)CCC3. The van der Waals surface area contributed by atoms with E-state index in [4.69, 9.17) is 9.97 Å². The average molecular weight is 309 g/mol. The molecule has 0 radical (unpaired) electrons. The first-order valence-corrected chi connectivity index (χ1v) is 8.56. The Morgan fingerprint density at radius 1 is 1.09 bits per heavy atom. The Morgan fingerprint density at radius 3 is 2.68 bits per heavy atom. The van der Waals surface area contributed by atoms with Gasteiger partial charge in [0.05, 0.1) is 5.39 Å². The lowest BCUT2D eigenvalue weighted by molar-refractivity contribution is 0.914. The molecule has 3 nitrogen and oxygen atoms in total. The van der Waals surface area contributed by atoms with E-state index in [0.717, 1.165) is 22.9 Å². The van der Waals surface area contributed by atoms with Gasteiger partial charge in [-0.3, -0.25) is 0 Å². The maximum Gasteiger partial charge on any atom is 0.140 e. The van der Waals surface area contributed by atoms with Gasteiger partial charge in [0.15, 0.2) is 0 Å². The highest BCUT2D eigenvalue weighted by Crippen LogP contribution is 2.40. The fraction of sp³-hybridized carbons (Fsp3) is 0.333. The van der Waals surface area contributed by atoms with Crippen LogP contribution in [0.4, 0.5) is 5.82 Å². The number of aryl methyl sites for hydroxylation is 2. The number of hydrogen-bond donors (Lipinski definition) is 0. The van der Waals surface area contributed by atoms with Gasteiger partial charge in [-0.25, -0.2) is 9.97 Å². The molecule has 2 heterocycles. The number of rotatable bonds is 3. The van der Waals surface area contributed by atoms with Gasteiger partial charge in [0.2, 0.25) is 0 Å². The highest BCUT2D eigenvalue weighted by molar-refractivity contribution is 7.19. The molecule has 0 amide bonds. The largest absolute Gasteiger partial charge is 0.362 e. The first-order chi connectivity index (χ1) is 10.7. The van der Waals surface area contributed by atoms with Gasteiger partial charge < -0.3 is 4.90 Å². The van der Waals surface area contributed by atoms with Crippen molar-refractivity contribution in [3.8, 4) is 0 Å². The van der Waals surface area contributed by atoms with Crippen molar-refractivity contribution in [1.82, 2.24) is 9.97 Å². The Kier molecular flexibility index (Phi) is 3.34. The average Bonchev–Trinajstić information content (AvgIpc) is 3.07. The molecule has 0 unspecified atom stereocenters. The molecule has 0 spiro atoms. The smallest absolute Gasteiger partial charge is 0.140 e. The van der Waals surface area contributed by atoms with Crippen LogP contribution in [-0.2, 0) is 19.3 Å². The third-order valence-electron chi connectivity index (χ3n) is 4.22. The second-order valence-corrected chi connectivity index (χ2v) is 7.14. The highest BCUT2D eigenvalue weighted by Gasteiger charge is 2.23. The molecule has 3 aromatic rings. The Hall–Kier alpha value is -1.94. The normalized spacial score (nSPS) is 13.5. The van der Waals surface area contributed by atoms with E-state index >= 15 is 0 Å². The molecule has 112 valence electrons. The predicted octanol–water partition coefficient (Wildman–Crippen LogP) is 3.84. The molecule has 4 heteroatoms. The maximum atomic E-state index is 4.87. The summed E-state index contributed by atoms with van der Waals surface area (Å²) < 4.78 is 0. The van der Waals surface area contributed by atoms with Crippen molar-refractivity contribution in [2.75, 3.05) is 19.0 Å². The number of anilines is 1. The van der Waals surface area contributed by atoms with Crippen LogP contribution >= 0.6 is 11.3 Å². The lowest BCUT2D eigenvalue weighted by Crippen LogP contribution is -2.13. The summed E-state index contributed by atoms with van der Waals surface area (Å²) in [6, 6.07) is 10.5. The molecule has 0 atom stereocenters. The van der Waals surface area contributed by atoms with Crippen molar-refractivity contribution < 1.29 is 0 Å². The predicted molar refractivity (Wildman–Crippen MR) is 93.0 cm³/mol. The van der Waals surface area contributed by atoms with E-state index in [1.165, 1.54) is 40.7 Å². The molecule has 1 aromatic carbocycles. The zero-order valence-corrected chi connectivity index (χ0v) is 13.8. The van der Waals surface area contributed by atoms with E-state index in [-0.39, 0.29) is 0 Å². The summed E-state index contributed by atoms with van der Waals surface area (Å²) in [6.07, 6.45) is 4.45. The molecule has 0 aliphatic heterocycles. The van der Waals surface area contributed by atoms with Crippen LogP contribution in [0.5, 0.6) is 0 Å². The van der Waals surface area contributed by atoms with E-state index < -0.39 is 0 Å². The summed E-state index contributed by atoms with van der Waals surface area (Å²) in [5.41, 5.74) is 2.76. The molecule has 0 N–H and O–H groups in total. The van der Waals surface area contributed by atoms with Crippen LogP contribution in [-0.4, -0.2) is 24.1 Å². The fourth-order valence-corrected chi connectivity index (χ4v) is 4.48. The molecule has 0 bridgehead atoms. The molecular weight excluding hydrogens is 290 g/mol. The van der Waals surface area contributed by atoms with E-state index in [9.17, 15) is 0 Å². The summed E-state index contributed by atoms with van der Waals surface area (Å²) in [5, 5.41) is 1.29. The molecule has 0 saturated heterocycles. The van der Waals surface area contributed by atoms with Crippen LogP contribution in [0.2, 0.25) is 0 Å². The van der Waals surface area contributed by atoms with Gasteiger partial charge in [-0.2, -0.15) is 0 Å². The van der Waals surface area contributed by atoms with Crippen LogP contribution in [0.25, 0.3) is 10.2 Å². The summed E-state index contributed by atoms with van der Waals surface area (Å²) >= 11 is 1.86. The van der Waals surface area contributed by atoms with Gasteiger partial charge in [-0.1, -0.05) is 30.3 Å². The monoisotopic (exact) mass is 309 g/mol. The van der Waals surface area contributed by atoms with Gasteiger partial charge in [-0.05, 0) is 30.4 Å². The number of thiophene rings is 1. The van der Waals surface area contributed by atoms with Crippen LogP contribution in [0.3, 0.4) is 0 Å². The minimum absolute atomic E-state index is 0.792. The Bertz CT molecular complexity index is 821. The number of hydrogen-bond acceptors (Lipinski definition) is 4. The van der Waals surface area contributed by atoms with Crippen molar-refractivity contribution in [2.45, 2.75) is 25.7 Å². The van der Waals surface area contributed by atoms with Gasteiger partial charge in [-0.15, -0.1) is 11.3 Å². The van der Waals surface area contributed by atoms with Crippen molar-refractivity contribution in [3.05, 3.63) is 52.2 Å². The number of nitrogens with zero attached hydrogens (tertiary/aromatic N) is 3. The minimum Gasteiger partial charge on any atom is -0.362 e. The van der Waals surface area contributed by atoms with Gasteiger partial charge in [0, 0.05) is 25.4 Å². The van der Waals surface area contributed by atoms with Crippen molar-refractivity contribution in [2.24, 2.45) is 0 Å². The molecule has 22 heavy (non-hydrogen) atoms. The highest BCUT2D eigenvalue weighted by atomic mass is 32.1. The minimum atomic E-state index is 0.792. The topological polar surface area (TPSA) is 29.0 Å². The maximum absolute atomic E-state index is 4.87. The standard InChI is InChI=1S/C18H19N3S/c1-21(2)17-16-13-9-6-10-14(13)22-18(16)20-15(19-17)11-12-7-4-3-5-8-12/h3-5,7-8H,6,9-11H2,1-2H3. The number of fused-ring (bicyclic) bond motifs is 3. The van der Waals surface area contributed by atoms with Gasteiger partial charge in [0.25, 0.3) is 0 Å². The Morgan fingerprint density at radius 2 is 1.91 bits per heavy atom. The Balaban J connectivity index is 1.84. The van der Waals surface area contributed by atoms with Crippen molar-refractivity contribution >= 4 is 27.4 Å². The number of aromatic nitrogens is 2. The van der Waals surface area contributed by atoms with Crippen molar-refractivity contribution in [3.63, 3.8) is 0 Å². The third kappa shape index (κ3) is 2.28. The molecule has 1 aliphatic carbocycles. The summed E-state index contributed by atoms with van der Waals surface area (Å²) in [5.74, 6) is 2.00. The molecule has 4 rings (SSSR count). The first-order valence-electron chi connectivity index (χ1n) is 7.75. The fourth-order valence-electron chi connectivity index (χ4n) is 3.20. The summed E-state index contributed by atoms with van der Waals surface area (Å²) in [7, 11) is 4.15. The second kappa shape index (κ2) is 5.36. The first kappa shape index (κ1) is 13.7. The molecule has 1 aliphatic rings. The van der Waals surface area contributed by atoms with E-state index in [2.05, 4.69) is 43.3 Å². The van der Waals surface area contributed by atoms with Crippen LogP contribution in [0.15, 0.2) is 30.3 Å². The molecule has 2 aromatic heterocycles. The van der Waals surface area contributed by atoms with E-state index in [1.807, 2.05) is 17.4 Å². The van der Waals surface area contributed by atoms with Gasteiger partial charge >= 0.3 is 0 Å². The lowest BCUT2D eigenvalue weighted by Gasteiger charge is -2.15. The molecule has 0 saturated carbocycles. The molecular formula is C18H19N3S. The second-order valence-electron chi connectivity index (χ2n) is 6.06. The zero-order chi connectivity index (χ0) is 15.1. The third-order valence-corrected chi connectivity index (χ3v) is 5.41. The van der Waals surface area contributed by atoms with E-state index in [1.54, 1.807) is 0 Å². The quantitative estimate of drug-likeness (QED) is 0.736.